The molecule has 2 aromatic carbocycles. The van der Waals surface area contributed by atoms with E-state index in [9.17, 15) is 4.79 Å². The Labute approximate surface area is 155 Å². The molecule has 1 heterocycles. The van der Waals surface area contributed by atoms with E-state index in [1.54, 1.807) is 6.07 Å². The Kier molecular flexibility index (Phi) is 5.33. The number of hydrogen-bond donors (Lipinski definition) is 0. The van der Waals surface area contributed by atoms with Crippen LogP contribution >= 0.6 is 0 Å². The number of hydrogen-bond acceptors (Lipinski definition) is 4. The lowest BCUT2D eigenvalue weighted by Gasteiger charge is -2.21. The van der Waals surface area contributed by atoms with Gasteiger partial charge in [-0.3, -0.25) is 0 Å². The molecule has 1 fully saturated rings. The van der Waals surface area contributed by atoms with Crippen LogP contribution in [0.15, 0.2) is 42.5 Å². The fourth-order valence-electron chi connectivity index (χ4n) is 2.78. The maximum atomic E-state index is 12.5. The zero-order valence-electron chi connectivity index (χ0n) is 15.9. The SMILES string of the molecule is Cc1cc(C(=O)OC(C)(C)C)cc(OCc2ccccc2)c1CC1CO1. The number of aryl methyl sites for hydroxylation is 1. The highest BCUT2D eigenvalue weighted by Crippen LogP contribution is 2.30. The van der Waals surface area contributed by atoms with Gasteiger partial charge < -0.3 is 14.2 Å². The minimum absolute atomic E-state index is 0.250. The van der Waals surface area contributed by atoms with Gasteiger partial charge in [-0.1, -0.05) is 30.3 Å². The Bertz CT molecular complexity index is 771. The van der Waals surface area contributed by atoms with Crippen LogP contribution in [-0.2, 0) is 22.5 Å². The Morgan fingerprint density at radius 2 is 1.88 bits per heavy atom. The minimum Gasteiger partial charge on any atom is -0.489 e. The van der Waals surface area contributed by atoms with Crippen LogP contribution in [0.25, 0.3) is 0 Å². The van der Waals surface area contributed by atoms with Gasteiger partial charge in [0.05, 0.1) is 18.3 Å². The van der Waals surface area contributed by atoms with Crippen molar-refractivity contribution in [1.29, 1.82) is 0 Å². The van der Waals surface area contributed by atoms with Crippen molar-refractivity contribution in [2.24, 2.45) is 0 Å². The molecule has 26 heavy (non-hydrogen) atoms. The lowest BCUT2D eigenvalue weighted by molar-refractivity contribution is 0.00689. The molecule has 0 amide bonds. The molecule has 0 saturated carbocycles. The predicted octanol–water partition coefficient (Wildman–Crippen LogP) is 4.47. The Morgan fingerprint density at radius 3 is 2.50 bits per heavy atom. The van der Waals surface area contributed by atoms with Crippen LogP contribution < -0.4 is 4.74 Å². The molecule has 1 aliphatic heterocycles. The molecule has 1 atom stereocenters. The van der Waals surface area contributed by atoms with Crippen molar-refractivity contribution < 1.29 is 19.0 Å². The smallest absolute Gasteiger partial charge is 0.338 e. The largest absolute Gasteiger partial charge is 0.489 e. The van der Waals surface area contributed by atoms with Crippen LogP contribution in [0.4, 0.5) is 0 Å². The Morgan fingerprint density at radius 1 is 1.19 bits per heavy atom. The number of carbonyl (C=O) groups excluding carboxylic acids is 1. The summed E-state index contributed by atoms with van der Waals surface area (Å²) in [4.78, 5) is 12.5. The predicted molar refractivity (Wildman–Crippen MR) is 101 cm³/mol. The lowest BCUT2D eigenvalue weighted by atomic mass is 9.99. The van der Waals surface area contributed by atoms with E-state index >= 15 is 0 Å². The van der Waals surface area contributed by atoms with E-state index in [-0.39, 0.29) is 12.1 Å². The van der Waals surface area contributed by atoms with Gasteiger partial charge >= 0.3 is 5.97 Å². The highest BCUT2D eigenvalue weighted by atomic mass is 16.6. The third-order valence-electron chi connectivity index (χ3n) is 4.14. The minimum atomic E-state index is -0.531. The summed E-state index contributed by atoms with van der Waals surface area (Å²) in [6.07, 6.45) is 1.05. The summed E-state index contributed by atoms with van der Waals surface area (Å²) in [6, 6.07) is 13.7. The van der Waals surface area contributed by atoms with E-state index in [1.807, 2.05) is 64.1 Å². The van der Waals surface area contributed by atoms with Crippen LogP contribution in [0.3, 0.4) is 0 Å². The molecule has 1 aliphatic rings. The summed E-state index contributed by atoms with van der Waals surface area (Å²) in [7, 11) is 0. The molecule has 1 unspecified atom stereocenters. The van der Waals surface area contributed by atoms with Gasteiger partial charge in [0.25, 0.3) is 0 Å². The van der Waals surface area contributed by atoms with Crippen molar-refractivity contribution in [3.63, 3.8) is 0 Å². The molecule has 0 radical (unpaired) electrons. The van der Waals surface area contributed by atoms with Crippen LogP contribution in [0.2, 0.25) is 0 Å². The number of epoxide rings is 1. The van der Waals surface area contributed by atoms with Gasteiger partial charge in [-0.05, 0) is 56.5 Å². The van der Waals surface area contributed by atoms with Crippen molar-refractivity contribution in [2.45, 2.75) is 52.4 Å². The first kappa shape index (κ1) is 18.5. The van der Waals surface area contributed by atoms with E-state index in [1.165, 1.54) is 0 Å². The van der Waals surface area contributed by atoms with Gasteiger partial charge in [0.2, 0.25) is 0 Å². The van der Waals surface area contributed by atoms with Gasteiger partial charge in [0, 0.05) is 6.42 Å². The molecule has 3 rings (SSSR count). The van der Waals surface area contributed by atoms with Crippen LogP contribution in [0, 0.1) is 6.92 Å². The molecular formula is C22H26O4. The Balaban J connectivity index is 1.86. The summed E-state index contributed by atoms with van der Waals surface area (Å²) in [6.45, 7) is 8.83. The molecule has 0 aliphatic carbocycles. The monoisotopic (exact) mass is 354 g/mol. The average molecular weight is 354 g/mol. The molecule has 0 N–H and O–H groups in total. The molecule has 2 aromatic rings. The average Bonchev–Trinajstić information content (AvgIpc) is 3.38. The topological polar surface area (TPSA) is 48.1 Å². The third-order valence-corrected chi connectivity index (χ3v) is 4.14. The maximum Gasteiger partial charge on any atom is 0.338 e. The van der Waals surface area contributed by atoms with E-state index in [0.29, 0.717) is 12.2 Å². The molecule has 4 heteroatoms. The molecule has 0 spiro atoms. The van der Waals surface area contributed by atoms with Gasteiger partial charge in [-0.2, -0.15) is 0 Å². The van der Waals surface area contributed by atoms with E-state index < -0.39 is 5.60 Å². The number of rotatable bonds is 6. The Hall–Kier alpha value is -2.33. The first-order valence-corrected chi connectivity index (χ1v) is 8.97. The second-order valence-electron chi connectivity index (χ2n) is 7.71. The highest BCUT2D eigenvalue weighted by molar-refractivity contribution is 5.90. The number of ether oxygens (including phenoxy) is 3. The zero-order valence-corrected chi connectivity index (χ0v) is 15.9. The standard InChI is InChI=1S/C22H26O4/c1-15-10-17(21(23)26-22(2,3)4)11-20(19(15)12-18-14-24-18)25-13-16-8-6-5-7-9-16/h5-11,18H,12-14H2,1-4H3. The van der Waals surface area contributed by atoms with Crippen LogP contribution in [-0.4, -0.2) is 24.3 Å². The molecular weight excluding hydrogens is 328 g/mol. The number of benzene rings is 2. The maximum absolute atomic E-state index is 12.5. The van der Waals surface area contributed by atoms with Crippen molar-refractivity contribution in [3.05, 3.63) is 64.7 Å². The van der Waals surface area contributed by atoms with E-state index in [4.69, 9.17) is 14.2 Å². The van der Waals surface area contributed by atoms with Gasteiger partial charge in [-0.25, -0.2) is 4.79 Å². The first-order chi connectivity index (χ1) is 12.3. The first-order valence-electron chi connectivity index (χ1n) is 8.97. The van der Waals surface area contributed by atoms with E-state index in [0.717, 1.165) is 35.5 Å². The van der Waals surface area contributed by atoms with Crippen molar-refractivity contribution in [3.8, 4) is 5.75 Å². The normalized spacial score (nSPS) is 16.2. The quantitative estimate of drug-likeness (QED) is 0.567. The fraction of sp³-hybridized carbons (Fsp3) is 0.409. The number of carbonyl (C=O) groups is 1. The summed E-state index contributed by atoms with van der Waals surface area (Å²) >= 11 is 0. The summed E-state index contributed by atoms with van der Waals surface area (Å²) in [5.74, 6) is 0.393. The molecule has 4 nitrogen and oxygen atoms in total. The second kappa shape index (κ2) is 7.50. The molecule has 0 bridgehead atoms. The van der Waals surface area contributed by atoms with Gasteiger partial charge in [0.15, 0.2) is 0 Å². The summed E-state index contributed by atoms with van der Waals surface area (Å²) in [5.41, 5.74) is 3.18. The van der Waals surface area contributed by atoms with Crippen molar-refractivity contribution in [2.75, 3.05) is 6.61 Å². The van der Waals surface area contributed by atoms with Crippen molar-refractivity contribution in [1.82, 2.24) is 0 Å². The zero-order chi connectivity index (χ0) is 18.7. The molecule has 1 saturated heterocycles. The third kappa shape index (κ3) is 5.09. The highest BCUT2D eigenvalue weighted by Gasteiger charge is 2.27. The fourth-order valence-corrected chi connectivity index (χ4v) is 2.78. The summed E-state index contributed by atoms with van der Waals surface area (Å²) < 4.78 is 17.0. The van der Waals surface area contributed by atoms with Crippen LogP contribution in [0.5, 0.6) is 5.75 Å². The van der Waals surface area contributed by atoms with Crippen molar-refractivity contribution >= 4 is 5.97 Å². The molecule has 0 aromatic heterocycles. The second-order valence-corrected chi connectivity index (χ2v) is 7.71. The van der Waals surface area contributed by atoms with Crippen LogP contribution in [0.1, 0.15) is 47.8 Å². The summed E-state index contributed by atoms with van der Waals surface area (Å²) in [5, 5.41) is 0. The molecule has 138 valence electrons. The van der Waals surface area contributed by atoms with Gasteiger partial charge in [-0.15, -0.1) is 0 Å². The number of esters is 1. The van der Waals surface area contributed by atoms with E-state index in [2.05, 4.69) is 0 Å². The lowest BCUT2D eigenvalue weighted by Crippen LogP contribution is -2.24. The van der Waals surface area contributed by atoms with Gasteiger partial charge in [0.1, 0.15) is 18.0 Å².